The van der Waals surface area contributed by atoms with Crippen LogP contribution in [0.1, 0.15) is 31.4 Å². The van der Waals surface area contributed by atoms with E-state index < -0.39 is 0 Å². The largest absolute Gasteiger partial charge is 0.465 e. The van der Waals surface area contributed by atoms with Crippen molar-refractivity contribution in [1.82, 2.24) is 5.32 Å². The summed E-state index contributed by atoms with van der Waals surface area (Å²) >= 11 is 3.40. The van der Waals surface area contributed by atoms with Crippen LogP contribution in [0.15, 0.2) is 28.7 Å². The van der Waals surface area contributed by atoms with Crippen LogP contribution in [-0.4, -0.2) is 19.1 Å². The van der Waals surface area contributed by atoms with Crippen LogP contribution in [0.5, 0.6) is 0 Å². The van der Waals surface area contributed by atoms with Crippen molar-refractivity contribution in [1.29, 1.82) is 0 Å². The van der Waals surface area contributed by atoms with E-state index in [1.54, 1.807) is 0 Å². The van der Waals surface area contributed by atoms with Gasteiger partial charge in [-0.05, 0) is 49.9 Å². The fraction of sp³-hybridized carbons (Fsp3) is 0.500. The van der Waals surface area contributed by atoms with Gasteiger partial charge in [-0.25, -0.2) is 4.79 Å². The second-order valence-electron chi connectivity index (χ2n) is 4.59. The minimum Gasteiger partial charge on any atom is -0.465 e. The number of hydrogen-bond donors (Lipinski definition) is 1. The molecule has 4 heteroatoms. The van der Waals surface area contributed by atoms with Gasteiger partial charge in [-0.1, -0.05) is 28.1 Å². The first kappa shape index (κ1) is 13.6. The summed E-state index contributed by atoms with van der Waals surface area (Å²) < 4.78 is 6.14. The van der Waals surface area contributed by atoms with Crippen molar-refractivity contribution < 1.29 is 9.53 Å². The van der Waals surface area contributed by atoms with Crippen LogP contribution in [0.2, 0.25) is 0 Å². The Morgan fingerprint density at radius 3 is 2.67 bits per heavy atom. The molecule has 1 unspecified atom stereocenters. The predicted octanol–water partition coefficient (Wildman–Crippen LogP) is 3.05. The van der Waals surface area contributed by atoms with Crippen molar-refractivity contribution in [2.45, 2.75) is 25.8 Å². The van der Waals surface area contributed by atoms with Crippen molar-refractivity contribution in [3.63, 3.8) is 0 Å². The standard InChI is InChI=1S/C14H18BrNO2/c1-2-18-14(17)13(16-9-10-3-4-10)11-5-7-12(15)8-6-11/h5-8,10,13,16H,2-4,9H2,1H3. The Hall–Kier alpha value is -0.870. The van der Waals surface area contributed by atoms with Gasteiger partial charge in [0.15, 0.2) is 0 Å². The third-order valence-corrected chi connectivity index (χ3v) is 3.56. The first-order chi connectivity index (χ1) is 8.70. The molecule has 0 bridgehead atoms. The minimum atomic E-state index is -0.348. The lowest BCUT2D eigenvalue weighted by Crippen LogP contribution is -2.31. The second-order valence-corrected chi connectivity index (χ2v) is 5.50. The molecular formula is C14H18BrNO2. The summed E-state index contributed by atoms with van der Waals surface area (Å²) in [5.74, 6) is 0.540. The lowest BCUT2D eigenvalue weighted by molar-refractivity contribution is -0.145. The average Bonchev–Trinajstić information content (AvgIpc) is 3.16. The Balaban J connectivity index is 2.06. The molecule has 0 heterocycles. The van der Waals surface area contributed by atoms with Gasteiger partial charge in [-0.2, -0.15) is 0 Å². The molecule has 0 spiro atoms. The Morgan fingerprint density at radius 2 is 2.11 bits per heavy atom. The van der Waals surface area contributed by atoms with Crippen LogP contribution in [0.4, 0.5) is 0 Å². The molecule has 1 N–H and O–H groups in total. The zero-order chi connectivity index (χ0) is 13.0. The number of halogens is 1. The third kappa shape index (κ3) is 3.82. The molecular weight excluding hydrogens is 294 g/mol. The monoisotopic (exact) mass is 311 g/mol. The van der Waals surface area contributed by atoms with E-state index in [2.05, 4.69) is 21.2 Å². The van der Waals surface area contributed by atoms with Crippen molar-refractivity contribution in [2.24, 2.45) is 5.92 Å². The van der Waals surface area contributed by atoms with Crippen LogP contribution >= 0.6 is 15.9 Å². The average molecular weight is 312 g/mol. The van der Waals surface area contributed by atoms with Crippen LogP contribution < -0.4 is 5.32 Å². The van der Waals surface area contributed by atoms with Gasteiger partial charge >= 0.3 is 5.97 Å². The number of esters is 1. The molecule has 0 amide bonds. The Labute approximate surface area is 116 Å². The summed E-state index contributed by atoms with van der Waals surface area (Å²) in [6, 6.07) is 7.44. The van der Waals surface area contributed by atoms with E-state index >= 15 is 0 Å². The first-order valence-corrected chi connectivity index (χ1v) is 7.15. The Bertz CT molecular complexity index is 401. The topological polar surface area (TPSA) is 38.3 Å². The second kappa shape index (κ2) is 6.34. The molecule has 1 aliphatic carbocycles. The first-order valence-electron chi connectivity index (χ1n) is 6.36. The van der Waals surface area contributed by atoms with Crippen molar-refractivity contribution in [3.05, 3.63) is 34.3 Å². The fourth-order valence-electron chi connectivity index (χ4n) is 1.82. The van der Waals surface area contributed by atoms with E-state index in [1.165, 1.54) is 12.8 Å². The number of carbonyl (C=O) groups excluding carboxylic acids is 1. The summed E-state index contributed by atoms with van der Waals surface area (Å²) in [4.78, 5) is 12.0. The lowest BCUT2D eigenvalue weighted by atomic mass is 10.1. The minimum absolute atomic E-state index is 0.194. The summed E-state index contributed by atoms with van der Waals surface area (Å²) in [5, 5.41) is 3.31. The highest BCUT2D eigenvalue weighted by molar-refractivity contribution is 9.10. The van der Waals surface area contributed by atoms with Crippen molar-refractivity contribution in [3.8, 4) is 0 Å². The molecule has 1 aromatic carbocycles. The summed E-state index contributed by atoms with van der Waals surface area (Å²) in [5.41, 5.74) is 0.956. The quantitative estimate of drug-likeness (QED) is 0.821. The van der Waals surface area contributed by atoms with Crippen molar-refractivity contribution in [2.75, 3.05) is 13.2 Å². The SMILES string of the molecule is CCOC(=O)C(NCC1CC1)c1ccc(Br)cc1. The van der Waals surface area contributed by atoms with Gasteiger partial charge in [0.2, 0.25) is 0 Å². The van der Waals surface area contributed by atoms with Gasteiger partial charge in [0, 0.05) is 4.47 Å². The van der Waals surface area contributed by atoms with Gasteiger partial charge in [-0.15, -0.1) is 0 Å². The van der Waals surface area contributed by atoms with E-state index in [-0.39, 0.29) is 12.0 Å². The van der Waals surface area contributed by atoms with Gasteiger partial charge in [0.05, 0.1) is 6.61 Å². The van der Waals surface area contributed by atoms with Gasteiger partial charge in [0.1, 0.15) is 6.04 Å². The number of carbonyl (C=O) groups is 1. The van der Waals surface area contributed by atoms with E-state index in [0.29, 0.717) is 6.61 Å². The number of ether oxygens (including phenoxy) is 1. The molecule has 2 rings (SSSR count). The molecule has 0 saturated heterocycles. The Kier molecular flexibility index (Phi) is 4.78. The third-order valence-electron chi connectivity index (χ3n) is 3.03. The zero-order valence-electron chi connectivity index (χ0n) is 10.5. The smallest absolute Gasteiger partial charge is 0.327 e. The molecule has 98 valence electrons. The summed E-state index contributed by atoms with van der Waals surface area (Å²) in [6.45, 7) is 3.13. The molecule has 1 fully saturated rings. The highest BCUT2D eigenvalue weighted by Crippen LogP contribution is 2.29. The molecule has 18 heavy (non-hydrogen) atoms. The number of nitrogens with one attached hydrogen (secondary N) is 1. The maximum Gasteiger partial charge on any atom is 0.327 e. The number of hydrogen-bond acceptors (Lipinski definition) is 3. The molecule has 1 aliphatic rings. The molecule has 1 atom stereocenters. The van der Waals surface area contributed by atoms with Gasteiger partial charge in [-0.3, -0.25) is 0 Å². The highest BCUT2D eigenvalue weighted by Gasteiger charge is 2.26. The maximum atomic E-state index is 12.0. The fourth-order valence-corrected chi connectivity index (χ4v) is 2.09. The number of rotatable bonds is 6. The van der Waals surface area contributed by atoms with Crippen LogP contribution in [0.3, 0.4) is 0 Å². The van der Waals surface area contributed by atoms with Crippen molar-refractivity contribution >= 4 is 21.9 Å². The molecule has 0 aliphatic heterocycles. The maximum absolute atomic E-state index is 12.0. The van der Waals surface area contributed by atoms with E-state index in [1.807, 2.05) is 31.2 Å². The lowest BCUT2D eigenvalue weighted by Gasteiger charge is -2.17. The molecule has 3 nitrogen and oxygen atoms in total. The van der Waals surface area contributed by atoms with E-state index in [9.17, 15) is 4.79 Å². The predicted molar refractivity (Wildman–Crippen MR) is 74.2 cm³/mol. The van der Waals surface area contributed by atoms with Crippen LogP contribution in [-0.2, 0) is 9.53 Å². The van der Waals surface area contributed by atoms with E-state index in [0.717, 1.165) is 22.5 Å². The van der Waals surface area contributed by atoms with Gasteiger partial charge in [0.25, 0.3) is 0 Å². The highest BCUT2D eigenvalue weighted by atomic mass is 79.9. The summed E-state index contributed by atoms with van der Waals surface area (Å²) in [7, 11) is 0. The normalized spacial score (nSPS) is 16.3. The molecule has 1 aromatic rings. The molecule has 0 aromatic heterocycles. The van der Waals surface area contributed by atoms with E-state index in [4.69, 9.17) is 4.74 Å². The molecule has 0 radical (unpaired) electrons. The Morgan fingerprint density at radius 1 is 1.44 bits per heavy atom. The van der Waals surface area contributed by atoms with Crippen LogP contribution in [0, 0.1) is 5.92 Å². The summed E-state index contributed by atoms with van der Waals surface area (Å²) in [6.07, 6.45) is 2.53. The van der Waals surface area contributed by atoms with Gasteiger partial charge < -0.3 is 10.1 Å². The molecule has 1 saturated carbocycles. The number of benzene rings is 1. The van der Waals surface area contributed by atoms with Crippen LogP contribution in [0.25, 0.3) is 0 Å². The zero-order valence-corrected chi connectivity index (χ0v) is 12.1.